The standard InChI is InChI=1S/C12H10Cl3N3O/c13-8-2-1-7(5-10(8)15)19-6-11-9(14)3-4-12(17-11)18-16/h1-5H,6,16H2,(H,17,18). The lowest BCUT2D eigenvalue weighted by molar-refractivity contribution is 0.301. The first kappa shape index (κ1) is 14.2. The SMILES string of the molecule is NNc1ccc(Cl)c(COc2ccc(Cl)c(Cl)c2)n1. The van der Waals surface area contributed by atoms with Crippen molar-refractivity contribution in [1.29, 1.82) is 0 Å². The van der Waals surface area contributed by atoms with Crippen molar-refractivity contribution < 1.29 is 4.74 Å². The lowest BCUT2D eigenvalue weighted by Crippen LogP contribution is -2.10. The summed E-state index contributed by atoms with van der Waals surface area (Å²) in [7, 11) is 0. The van der Waals surface area contributed by atoms with E-state index < -0.39 is 0 Å². The van der Waals surface area contributed by atoms with Crippen LogP contribution in [0.1, 0.15) is 5.69 Å². The van der Waals surface area contributed by atoms with Gasteiger partial charge in [-0.15, -0.1) is 0 Å². The number of benzene rings is 1. The van der Waals surface area contributed by atoms with Gasteiger partial charge in [-0.2, -0.15) is 0 Å². The molecular weight excluding hydrogens is 309 g/mol. The van der Waals surface area contributed by atoms with Gasteiger partial charge in [-0.05, 0) is 24.3 Å². The van der Waals surface area contributed by atoms with Crippen LogP contribution in [0.5, 0.6) is 5.75 Å². The van der Waals surface area contributed by atoms with Gasteiger partial charge in [0.15, 0.2) is 0 Å². The van der Waals surface area contributed by atoms with Crippen LogP contribution in [0, 0.1) is 0 Å². The molecule has 3 N–H and O–H groups in total. The van der Waals surface area contributed by atoms with Crippen LogP contribution in [0.15, 0.2) is 30.3 Å². The maximum atomic E-state index is 6.02. The first-order valence-electron chi connectivity index (χ1n) is 5.30. The van der Waals surface area contributed by atoms with Gasteiger partial charge < -0.3 is 10.2 Å². The number of nitrogens with two attached hydrogens (primary N) is 1. The molecule has 0 bridgehead atoms. The lowest BCUT2D eigenvalue weighted by atomic mass is 10.3. The van der Waals surface area contributed by atoms with Gasteiger partial charge >= 0.3 is 0 Å². The highest BCUT2D eigenvalue weighted by atomic mass is 35.5. The number of hydrogen-bond donors (Lipinski definition) is 2. The van der Waals surface area contributed by atoms with Gasteiger partial charge in [0.1, 0.15) is 18.2 Å². The number of anilines is 1. The van der Waals surface area contributed by atoms with E-state index in [2.05, 4.69) is 10.4 Å². The van der Waals surface area contributed by atoms with E-state index in [4.69, 9.17) is 45.4 Å². The summed E-state index contributed by atoms with van der Waals surface area (Å²) in [4.78, 5) is 4.19. The molecule has 0 saturated carbocycles. The largest absolute Gasteiger partial charge is 0.487 e. The van der Waals surface area contributed by atoms with Crippen LogP contribution >= 0.6 is 34.8 Å². The van der Waals surface area contributed by atoms with Crippen molar-refractivity contribution in [3.05, 3.63) is 51.1 Å². The van der Waals surface area contributed by atoms with E-state index in [9.17, 15) is 0 Å². The molecule has 0 saturated heterocycles. The average Bonchev–Trinajstić information content (AvgIpc) is 2.41. The van der Waals surface area contributed by atoms with Crippen molar-refractivity contribution in [2.75, 3.05) is 5.43 Å². The summed E-state index contributed by atoms with van der Waals surface area (Å²) in [5, 5.41) is 1.40. The van der Waals surface area contributed by atoms with Gasteiger partial charge in [-0.3, -0.25) is 0 Å². The molecular formula is C12H10Cl3N3O. The van der Waals surface area contributed by atoms with E-state index in [1.54, 1.807) is 30.3 Å². The summed E-state index contributed by atoms with van der Waals surface area (Å²) in [5.41, 5.74) is 3.02. The van der Waals surface area contributed by atoms with Gasteiger partial charge in [0.2, 0.25) is 0 Å². The Labute approximate surface area is 125 Å². The van der Waals surface area contributed by atoms with Crippen molar-refractivity contribution in [3.63, 3.8) is 0 Å². The fourth-order valence-electron chi connectivity index (χ4n) is 1.38. The van der Waals surface area contributed by atoms with E-state index in [1.807, 2.05) is 0 Å². The molecule has 0 fully saturated rings. The second kappa shape index (κ2) is 6.30. The smallest absolute Gasteiger partial charge is 0.140 e. The third-order valence-corrected chi connectivity index (χ3v) is 3.42. The maximum Gasteiger partial charge on any atom is 0.140 e. The van der Waals surface area contributed by atoms with Crippen LogP contribution < -0.4 is 16.0 Å². The Morgan fingerprint density at radius 2 is 1.79 bits per heavy atom. The van der Waals surface area contributed by atoms with Crippen molar-refractivity contribution >= 4 is 40.6 Å². The van der Waals surface area contributed by atoms with E-state index >= 15 is 0 Å². The summed E-state index contributed by atoms with van der Waals surface area (Å²) < 4.78 is 5.55. The number of hydrogen-bond acceptors (Lipinski definition) is 4. The molecule has 0 unspecified atom stereocenters. The summed E-state index contributed by atoms with van der Waals surface area (Å²) in [6.45, 7) is 0.201. The highest BCUT2D eigenvalue weighted by molar-refractivity contribution is 6.42. The Hall–Kier alpha value is -1.20. The normalized spacial score (nSPS) is 10.3. The number of nitrogens with one attached hydrogen (secondary N) is 1. The molecule has 1 aromatic carbocycles. The van der Waals surface area contributed by atoms with Crippen molar-refractivity contribution in [2.45, 2.75) is 6.61 Å². The predicted molar refractivity (Wildman–Crippen MR) is 77.9 cm³/mol. The van der Waals surface area contributed by atoms with Crippen molar-refractivity contribution in [2.24, 2.45) is 5.84 Å². The molecule has 19 heavy (non-hydrogen) atoms. The Morgan fingerprint density at radius 3 is 2.47 bits per heavy atom. The second-order valence-electron chi connectivity index (χ2n) is 3.63. The molecule has 7 heteroatoms. The number of rotatable bonds is 4. The van der Waals surface area contributed by atoms with Crippen LogP contribution in [-0.2, 0) is 6.61 Å². The molecule has 0 spiro atoms. The molecule has 0 amide bonds. The van der Waals surface area contributed by atoms with Crippen LogP contribution in [0.3, 0.4) is 0 Å². The molecule has 2 aromatic rings. The number of halogens is 3. The maximum absolute atomic E-state index is 6.02. The van der Waals surface area contributed by atoms with Gasteiger partial charge in [-0.1, -0.05) is 34.8 Å². The Balaban J connectivity index is 2.11. The summed E-state index contributed by atoms with van der Waals surface area (Å²) in [5.74, 6) is 6.38. The minimum atomic E-state index is 0.201. The second-order valence-corrected chi connectivity index (χ2v) is 4.86. The zero-order chi connectivity index (χ0) is 13.8. The number of hydrazine groups is 1. The molecule has 0 radical (unpaired) electrons. The molecule has 4 nitrogen and oxygen atoms in total. The molecule has 0 aliphatic heterocycles. The molecule has 1 heterocycles. The summed E-state index contributed by atoms with van der Waals surface area (Å²) in [6, 6.07) is 8.37. The van der Waals surface area contributed by atoms with Gasteiger partial charge in [0.05, 0.1) is 20.8 Å². The highest BCUT2D eigenvalue weighted by Crippen LogP contribution is 2.27. The first-order chi connectivity index (χ1) is 9.10. The molecule has 100 valence electrons. The Bertz CT molecular complexity index is 592. The van der Waals surface area contributed by atoms with E-state index in [1.165, 1.54) is 0 Å². The Morgan fingerprint density at radius 1 is 1.05 bits per heavy atom. The Kier molecular flexibility index (Phi) is 4.71. The lowest BCUT2D eigenvalue weighted by Gasteiger charge is -2.09. The number of ether oxygens (including phenoxy) is 1. The van der Waals surface area contributed by atoms with Crippen LogP contribution in [0.2, 0.25) is 15.1 Å². The van der Waals surface area contributed by atoms with Gasteiger partial charge in [0, 0.05) is 6.07 Å². The van der Waals surface area contributed by atoms with Crippen LogP contribution in [0.25, 0.3) is 0 Å². The summed E-state index contributed by atoms with van der Waals surface area (Å²) in [6.07, 6.45) is 0. The minimum absolute atomic E-state index is 0.201. The van der Waals surface area contributed by atoms with Gasteiger partial charge in [0.25, 0.3) is 0 Å². The molecule has 0 aliphatic carbocycles. The van der Waals surface area contributed by atoms with Crippen molar-refractivity contribution in [3.8, 4) is 5.75 Å². The third kappa shape index (κ3) is 3.64. The number of aromatic nitrogens is 1. The molecule has 2 rings (SSSR count). The van der Waals surface area contributed by atoms with Crippen LogP contribution in [-0.4, -0.2) is 4.98 Å². The highest BCUT2D eigenvalue weighted by Gasteiger charge is 2.06. The quantitative estimate of drug-likeness (QED) is 0.663. The fraction of sp³-hybridized carbons (Fsp3) is 0.0833. The predicted octanol–water partition coefficient (Wildman–Crippen LogP) is 3.91. The van der Waals surface area contributed by atoms with E-state index in [0.29, 0.717) is 32.3 Å². The monoisotopic (exact) mass is 317 g/mol. The first-order valence-corrected chi connectivity index (χ1v) is 6.43. The summed E-state index contributed by atoms with van der Waals surface area (Å²) >= 11 is 17.7. The average molecular weight is 319 g/mol. The molecule has 1 aromatic heterocycles. The van der Waals surface area contributed by atoms with E-state index in [-0.39, 0.29) is 6.61 Å². The van der Waals surface area contributed by atoms with Gasteiger partial charge in [-0.25, -0.2) is 10.8 Å². The number of nitrogens with zero attached hydrogens (tertiary/aromatic N) is 1. The van der Waals surface area contributed by atoms with Crippen molar-refractivity contribution in [1.82, 2.24) is 4.98 Å². The number of pyridine rings is 1. The van der Waals surface area contributed by atoms with Crippen LogP contribution in [0.4, 0.5) is 5.82 Å². The number of nitrogen functional groups attached to an aromatic ring is 1. The molecule has 0 atom stereocenters. The zero-order valence-electron chi connectivity index (χ0n) is 9.66. The fourth-order valence-corrected chi connectivity index (χ4v) is 1.83. The molecule has 0 aliphatic rings. The minimum Gasteiger partial charge on any atom is -0.487 e. The zero-order valence-corrected chi connectivity index (χ0v) is 11.9. The topological polar surface area (TPSA) is 60.2 Å². The van der Waals surface area contributed by atoms with E-state index in [0.717, 1.165) is 0 Å². The third-order valence-electron chi connectivity index (χ3n) is 2.33.